The van der Waals surface area contributed by atoms with Crippen molar-refractivity contribution in [3.63, 3.8) is 0 Å². The highest BCUT2D eigenvalue weighted by Gasteiger charge is 2.26. The molecule has 0 spiro atoms. The fourth-order valence-electron chi connectivity index (χ4n) is 3.41. The zero-order valence-electron chi connectivity index (χ0n) is 16.3. The molecule has 3 heterocycles. The highest BCUT2D eigenvalue weighted by Crippen LogP contribution is 2.27. The topological polar surface area (TPSA) is 79.0 Å². The Labute approximate surface area is 176 Å². The predicted molar refractivity (Wildman–Crippen MR) is 115 cm³/mol. The number of carbonyl (C=O) groups is 1. The van der Waals surface area contributed by atoms with E-state index in [1.165, 1.54) is 22.6 Å². The van der Waals surface area contributed by atoms with Crippen LogP contribution >= 0.6 is 11.6 Å². The molecular weight excluding hydrogens is 404 g/mol. The lowest BCUT2D eigenvalue weighted by molar-refractivity contribution is 0.0602. The Morgan fingerprint density at radius 3 is 2.80 bits per heavy atom. The van der Waals surface area contributed by atoms with Crippen LogP contribution in [-0.2, 0) is 17.8 Å². The van der Waals surface area contributed by atoms with Gasteiger partial charge in [-0.25, -0.2) is 9.78 Å². The summed E-state index contributed by atoms with van der Waals surface area (Å²) in [7, 11) is 1.25. The van der Waals surface area contributed by atoms with Crippen molar-refractivity contribution in [1.29, 1.82) is 0 Å². The number of hydrogen-bond donors (Lipinski definition) is 0. The fraction of sp³-hybridized carbons (Fsp3) is 0.182. The Balaban J connectivity index is 1.92. The van der Waals surface area contributed by atoms with E-state index in [2.05, 4.69) is 21.8 Å². The first-order valence-electron chi connectivity index (χ1n) is 9.14. The van der Waals surface area contributed by atoms with Gasteiger partial charge in [0.05, 0.1) is 32.2 Å². The van der Waals surface area contributed by atoms with Crippen molar-refractivity contribution >= 4 is 39.4 Å². The summed E-state index contributed by atoms with van der Waals surface area (Å²) in [6.45, 7) is 2.05. The van der Waals surface area contributed by atoms with Crippen LogP contribution in [0.3, 0.4) is 0 Å². The molecule has 0 aliphatic rings. The second-order valence-electron chi connectivity index (χ2n) is 6.52. The van der Waals surface area contributed by atoms with Crippen LogP contribution in [0.15, 0.2) is 47.7 Å². The molecule has 4 rings (SSSR count). The number of ether oxygens (including phenoxy) is 1. The zero-order chi connectivity index (χ0) is 21.3. The van der Waals surface area contributed by atoms with Crippen molar-refractivity contribution in [3.05, 3.63) is 69.6 Å². The molecule has 7 nitrogen and oxygen atoms in total. The lowest BCUT2D eigenvalue weighted by Gasteiger charge is -2.09. The Bertz CT molecular complexity index is 1400. The van der Waals surface area contributed by atoms with E-state index in [0.717, 1.165) is 16.5 Å². The van der Waals surface area contributed by atoms with E-state index in [9.17, 15) is 9.59 Å². The lowest BCUT2D eigenvalue weighted by Crippen LogP contribution is -2.23. The van der Waals surface area contributed by atoms with Crippen LogP contribution < -0.4 is 5.56 Å². The summed E-state index contributed by atoms with van der Waals surface area (Å²) in [6.07, 6.45) is 3.10. The van der Waals surface area contributed by atoms with Gasteiger partial charge >= 0.3 is 5.97 Å². The SMILES string of the molecule is CC#CCn1c(Cl)c(C(=O)OC)c2ncn(Cc3nccc4ccccc34)c(=O)c21. The molecule has 150 valence electrons. The minimum absolute atomic E-state index is 0.0552. The van der Waals surface area contributed by atoms with Gasteiger partial charge in [-0.05, 0) is 18.4 Å². The van der Waals surface area contributed by atoms with E-state index in [4.69, 9.17) is 16.3 Å². The first-order chi connectivity index (χ1) is 14.6. The smallest absolute Gasteiger partial charge is 0.343 e. The standard InChI is InChI=1S/C22H17ClN4O3/c1-3-4-11-27-19-18(17(20(27)23)22(29)30-2)25-13-26(21(19)28)12-16-15-8-6-5-7-14(15)9-10-24-16/h5-10,13H,11-12H2,1-2H3. The number of hydrogen-bond acceptors (Lipinski definition) is 5. The van der Waals surface area contributed by atoms with E-state index >= 15 is 0 Å². The van der Waals surface area contributed by atoms with Crippen LogP contribution in [0.5, 0.6) is 0 Å². The summed E-state index contributed by atoms with van der Waals surface area (Å²) in [5, 5.41) is 2.06. The number of benzene rings is 1. The molecule has 0 atom stereocenters. The molecule has 0 bridgehead atoms. The van der Waals surface area contributed by atoms with Gasteiger partial charge in [0.2, 0.25) is 0 Å². The number of pyridine rings is 1. The Morgan fingerprint density at radius 2 is 2.03 bits per heavy atom. The second kappa shape index (κ2) is 8.01. The number of halogens is 1. The molecule has 0 amide bonds. The predicted octanol–water partition coefficient (Wildman–Crippen LogP) is 3.26. The van der Waals surface area contributed by atoms with E-state index in [1.807, 2.05) is 30.3 Å². The molecule has 3 aromatic heterocycles. The van der Waals surface area contributed by atoms with Crippen LogP contribution in [0.4, 0.5) is 0 Å². The molecule has 8 heteroatoms. The van der Waals surface area contributed by atoms with Gasteiger partial charge in [-0.3, -0.25) is 14.3 Å². The summed E-state index contributed by atoms with van der Waals surface area (Å²) in [5.41, 5.74) is 0.842. The summed E-state index contributed by atoms with van der Waals surface area (Å²) < 4.78 is 7.76. The Morgan fingerprint density at radius 1 is 1.23 bits per heavy atom. The van der Waals surface area contributed by atoms with Crippen LogP contribution in [0.1, 0.15) is 23.0 Å². The molecule has 0 aliphatic heterocycles. The summed E-state index contributed by atoms with van der Waals surface area (Å²) in [6, 6.07) is 9.74. The maximum Gasteiger partial charge on any atom is 0.343 e. The first-order valence-corrected chi connectivity index (χ1v) is 9.52. The molecular formula is C22H17ClN4O3. The molecule has 0 unspecified atom stereocenters. The molecule has 0 saturated carbocycles. The van der Waals surface area contributed by atoms with Gasteiger partial charge in [-0.2, -0.15) is 0 Å². The largest absolute Gasteiger partial charge is 0.465 e. The first kappa shape index (κ1) is 19.7. The Hall–Kier alpha value is -3.63. The van der Waals surface area contributed by atoms with E-state index in [-0.39, 0.29) is 40.4 Å². The molecule has 4 aromatic rings. The van der Waals surface area contributed by atoms with Crippen molar-refractivity contribution in [1.82, 2.24) is 19.1 Å². The number of methoxy groups -OCH3 is 1. The van der Waals surface area contributed by atoms with E-state index in [1.54, 1.807) is 13.1 Å². The normalized spacial score (nSPS) is 10.8. The number of aromatic nitrogens is 4. The average Bonchev–Trinajstić information content (AvgIpc) is 3.05. The monoisotopic (exact) mass is 420 g/mol. The van der Waals surface area contributed by atoms with Crippen LogP contribution in [-0.4, -0.2) is 32.2 Å². The minimum Gasteiger partial charge on any atom is -0.465 e. The highest BCUT2D eigenvalue weighted by molar-refractivity contribution is 6.35. The molecule has 0 fully saturated rings. The zero-order valence-corrected chi connectivity index (χ0v) is 17.1. The third-order valence-electron chi connectivity index (χ3n) is 4.84. The van der Waals surface area contributed by atoms with Gasteiger partial charge < -0.3 is 9.30 Å². The maximum absolute atomic E-state index is 13.3. The number of esters is 1. The molecule has 0 radical (unpaired) electrons. The van der Waals surface area contributed by atoms with Crippen molar-refractivity contribution in [2.24, 2.45) is 0 Å². The van der Waals surface area contributed by atoms with Gasteiger partial charge in [0.15, 0.2) is 0 Å². The van der Waals surface area contributed by atoms with E-state index in [0.29, 0.717) is 0 Å². The summed E-state index contributed by atoms with van der Waals surface area (Å²) in [5.74, 6) is 4.99. The molecule has 1 aromatic carbocycles. The third-order valence-corrected chi connectivity index (χ3v) is 5.24. The second-order valence-corrected chi connectivity index (χ2v) is 6.88. The molecule has 0 aliphatic carbocycles. The lowest BCUT2D eigenvalue weighted by atomic mass is 10.1. The van der Waals surface area contributed by atoms with Gasteiger partial charge in [-0.15, -0.1) is 5.92 Å². The number of rotatable bonds is 4. The maximum atomic E-state index is 13.3. The number of nitrogens with zero attached hydrogens (tertiary/aromatic N) is 4. The minimum atomic E-state index is -0.659. The van der Waals surface area contributed by atoms with Gasteiger partial charge in [-0.1, -0.05) is 41.8 Å². The fourth-order valence-corrected chi connectivity index (χ4v) is 3.72. The highest BCUT2D eigenvalue weighted by atomic mass is 35.5. The van der Waals surface area contributed by atoms with Crippen molar-refractivity contribution in [2.45, 2.75) is 20.0 Å². The van der Waals surface area contributed by atoms with Crippen molar-refractivity contribution < 1.29 is 9.53 Å². The average molecular weight is 421 g/mol. The quantitative estimate of drug-likeness (QED) is 0.374. The number of fused-ring (bicyclic) bond motifs is 2. The Kier molecular flexibility index (Phi) is 5.25. The third kappa shape index (κ3) is 3.21. The number of carbonyl (C=O) groups excluding carboxylic acids is 1. The van der Waals surface area contributed by atoms with E-state index < -0.39 is 5.97 Å². The summed E-state index contributed by atoms with van der Waals surface area (Å²) in [4.78, 5) is 34.4. The van der Waals surface area contributed by atoms with Crippen LogP contribution in [0.2, 0.25) is 5.15 Å². The van der Waals surface area contributed by atoms with Crippen LogP contribution in [0, 0.1) is 11.8 Å². The molecule has 0 saturated heterocycles. The summed E-state index contributed by atoms with van der Waals surface area (Å²) >= 11 is 6.42. The van der Waals surface area contributed by atoms with Gasteiger partial charge in [0, 0.05) is 11.6 Å². The van der Waals surface area contributed by atoms with Crippen molar-refractivity contribution in [2.75, 3.05) is 7.11 Å². The van der Waals surface area contributed by atoms with Gasteiger partial charge in [0.1, 0.15) is 21.7 Å². The van der Waals surface area contributed by atoms with Crippen molar-refractivity contribution in [3.8, 4) is 11.8 Å². The molecule has 0 N–H and O–H groups in total. The molecule has 30 heavy (non-hydrogen) atoms. The van der Waals surface area contributed by atoms with Gasteiger partial charge in [0.25, 0.3) is 5.56 Å². The van der Waals surface area contributed by atoms with Crippen LogP contribution in [0.25, 0.3) is 21.8 Å².